The molecule has 0 saturated carbocycles. The van der Waals surface area contributed by atoms with Crippen LogP contribution in [-0.2, 0) is 9.84 Å². The maximum atomic E-state index is 12.2. The summed E-state index contributed by atoms with van der Waals surface area (Å²) in [6.07, 6.45) is 1.27. The number of carbonyl (C=O) groups is 1. The van der Waals surface area contributed by atoms with Crippen molar-refractivity contribution >= 4 is 31.7 Å². The van der Waals surface area contributed by atoms with Crippen LogP contribution in [0.4, 0.5) is 0 Å². The van der Waals surface area contributed by atoms with Crippen LogP contribution in [0.25, 0.3) is 0 Å². The van der Waals surface area contributed by atoms with Crippen LogP contribution >= 0.6 is 15.9 Å². The van der Waals surface area contributed by atoms with Crippen LogP contribution < -0.4 is 10.1 Å². The summed E-state index contributed by atoms with van der Waals surface area (Å²) in [4.78, 5) is 12.2. The van der Waals surface area contributed by atoms with Crippen molar-refractivity contribution in [1.29, 1.82) is 0 Å². The van der Waals surface area contributed by atoms with Crippen LogP contribution in [0.5, 0.6) is 5.75 Å². The van der Waals surface area contributed by atoms with Gasteiger partial charge in [0.2, 0.25) is 0 Å². The fourth-order valence-corrected chi connectivity index (χ4v) is 4.23. The Morgan fingerprint density at radius 2 is 2.20 bits per heavy atom. The minimum atomic E-state index is -3.04. The third-order valence-electron chi connectivity index (χ3n) is 3.21. The molecule has 7 heteroatoms. The largest absolute Gasteiger partial charge is 0.496 e. The Labute approximate surface area is 126 Å². The molecule has 1 aliphatic heterocycles. The lowest BCUT2D eigenvalue weighted by molar-refractivity contribution is 0.0935. The topological polar surface area (TPSA) is 72.5 Å². The van der Waals surface area contributed by atoms with Gasteiger partial charge in [0.05, 0.1) is 24.2 Å². The van der Waals surface area contributed by atoms with Crippen molar-refractivity contribution in [2.45, 2.75) is 18.9 Å². The summed E-state index contributed by atoms with van der Waals surface area (Å²) in [7, 11) is -1.55. The number of amides is 1. The van der Waals surface area contributed by atoms with Gasteiger partial charge in [0.25, 0.3) is 5.91 Å². The number of ether oxygens (including phenoxy) is 1. The Morgan fingerprint density at radius 3 is 2.85 bits per heavy atom. The van der Waals surface area contributed by atoms with E-state index in [0.29, 0.717) is 24.2 Å². The Morgan fingerprint density at radius 1 is 1.45 bits per heavy atom. The minimum Gasteiger partial charge on any atom is -0.496 e. The van der Waals surface area contributed by atoms with E-state index in [1.54, 1.807) is 18.2 Å². The zero-order valence-electron chi connectivity index (χ0n) is 11.1. The fraction of sp³-hybridized carbons (Fsp3) is 0.462. The van der Waals surface area contributed by atoms with Crippen LogP contribution in [0.3, 0.4) is 0 Å². The smallest absolute Gasteiger partial charge is 0.255 e. The standard InChI is InChI=1S/C13H16BrNO4S/c1-19-12-7-9(14)4-5-11(12)13(16)15-10-3-2-6-20(17,18)8-10/h4-5,7,10H,2-3,6,8H2,1H3,(H,15,16). The molecule has 1 heterocycles. The first-order chi connectivity index (χ1) is 9.41. The Bertz CT molecular complexity index is 615. The molecule has 0 aliphatic carbocycles. The first-order valence-corrected chi connectivity index (χ1v) is 8.87. The Kier molecular flexibility index (Phi) is 4.70. The number of nitrogens with one attached hydrogen (secondary N) is 1. The summed E-state index contributed by atoms with van der Waals surface area (Å²) in [6.45, 7) is 0. The fourth-order valence-electron chi connectivity index (χ4n) is 2.25. The number of carbonyl (C=O) groups excluding carboxylic acids is 1. The van der Waals surface area contributed by atoms with E-state index in [1.807, 2.05) is 0 Å². The zero-order valence-corrected chi connectivity index (χ0v) is 13.5. The summed E-state index contributed by atoms with van der Waals surface area (Å²) >= 11 is 3.31. The summed E-state index contributed by atoms with van der Waals surface area (Å²) in [5.74, 6) is 0.366. The normalized spacial score (nSPS) is 21.2. The van der Waals surface area contributed by atoms with E-state index in [9.17, 15) is 13.2 Å². The number of methoxy groups -OCH3 is 1. The lowest BCUT2D eigenvalue weighted by Gasteiger charge is -2.23. The average molecular weight is 362 g/mol. The van der Waals surface area contributed by atoms with Crippen molar-refractivity contribution < 1.29 is 17.9 Å². The Hall–Kier alpha value is -1.08. The monoisotopic (exact) mass is 361 g/mol. The van der Waals surface area contributed by atoms with Gasteiger partial charge in [-0.2, -0.15) is 0 Å². The van der Waals surface area contributed by atoms with E-state index in [2.05, 4.69) is 21.2 Å². The van der Waals surface area contributed by atoms with Gasteiger partial charge in [-0.15, -0.1) is 0 Å². The van der Waals surface area contributed by atoms with E-state index in [0.717, 1.165) is 4.47 Å². The molecule has 1 N–H and O–H groups in total. The molecule has 1 unspecified atom stereocenters. The number of benzene rings is 1. The van der Waals surface area contributed by atoms with Gasteiger partial charge in [0.1, 0.15) is 5.75 Å². The number of hydrogen-bond donors (Lipinski definition) is 1. The predicted octanol–water partition coefficient (Wildman–Crippen LogP) is 1.76. The van der Waals surface area contributed by atoms with Gasteiger partial charge in [-0.3, -0.25) is 4.79 Å². The highest BCUT2D eigenvalue weighted by molar-refractivity contribution is 9.10. The van der Waals surface area contributed by atoms with Gasteiger partial charge < -0.3 is 10.1 Å². The summed E-state index contributed by atoms with van der Waals surface area (Å²) in [6, 6.07) is 4.77. The second-order valence-corrected chi connectivity index (χ2v) is 7.92. The van der Waals surface area contributed by atoms with Crippen molar-refractivity contribution in [2.24, 2.45) is 0 Å². The van der Waals surface area contributed by atoms with Crippen molar-refractivity contribution in [3.63, 3.8) is 0 Å². The molecule has 0 spiro atoms. The molecule has 1 fully saturated rings. The Balaban J connectivity index is 2.12. The molecule has 5 nitrogen and oxygen atoms in total. The third-order valence-corrected chi connectivity index (χ3v) is 5.52. The molecule has 1 aliphatic rings. The van der Waals surface area contributed by atoms with Gasteiger partial charge in [0.15, 0.2) is 9.84 Å². The van der Waals surface area contributed by atoms with Gasteiger partial charge in [-0.05, 0) is 31.0 Å². The summed E-state index contributed by atoms with van der Waals surface area (Å²) in [5.41, 5.74) is 0.402. The summed E-state index contributed by atoms with van der Waals surface area (Å²) < 4.78 is 29.1. The SMILES string of the molecule is COc1cc(Br)ccc1C(=O)NC1CCCS(=O)(=O)C1. The van der Waals surface area contributed by atoms with E-state index in [1.165, 1.54) is 7.11 Å². The number of hydrogen-bond acceptors (Lipinski definition) is 4. The van der Waals surface area contributed by atoms with Gasteiger partial charge in [-0.25, -0.2) is 8.42 Å². The van der Waals surface area contributed by atoms with Crippen molar-refractivity contribution in [1.82, 2.24) is 5.32 Å². The van der Waals surface area contributed by atoms with Gasteiger partial charge in [0, 0.05) is 10.5 Å². The van der Waals surface area contributed by atoms with Crippen LogP contribution in [0, 0.1) is 0 Å². The number of halogens is 1. The van der Waals surface area contributed by atoms with E-state index in [-0.39, 0.29) is 23.5 Å². The molecular formula is C13H16BrNO4S. The average Bonchev–Trinajstić information content (AvgIpc) is 2.37. The van der Waals surface area contributed by atoms with Crippen LogP contribution in [0.15, 0.2) is 22.7 Å². The van der Waals surface area contributed by atoms with E-state index < -0.39 is 9.84 Å². The molecule has 0 bridgehead atoms. The van der Waals surface area contributed by atoms with Crippen LogP contribution in [-0.4, -0.2) is 39.0 Å². The predicted molar refractivity (Wildman–Crippen MR) is 79.8 cm³/mol. The lowest BCUT2D eigenvalue weighted by atomic mass is 10.1. The molecule has 0 radical (unpaired) electrons. The number of rotatable bonds is 3. The van der Waals surface area contributed by atoms with Crippen LogP contribution in [0.2, 0.25) is 0 Å². The molecule has 1 aromatic carbocycles. The van der Waals surface area contributed by atoms with E-state index in [4.69, 9.17) is 4.74 Å². The minimum absolute atomic E-state index is 0.0115. The van der Waals surface area contributed by atoms with Gasteiger partial charge >= 0.3 is 0 Å². The van der Waals surface area contributed by atoms with Crippen molar-refractivity contribution in [2.75, 3.05) is 18.6 Å². The van der Waals surface area contributed by atoms with E-state index >= 15 is 0 Å². The molecular weight excluding hydrogens is 346 g/mol. The quantitative estimate of drug-likeness (QED) is 0.890. The highest BCUT2D eigenvalue weighted by Gasteiger charge is 2.26. The highest BCUT2D eigenvalue weighted by Crippen LogP contribution is 2.24. The first-order valence-electron chi connectivity index (χ1n) is 6.26. The molecule has 1 atom stereocenters. The molecule has 2 rings (SSSR count). The zero-order chi connectivity index (χ0) is 14.8. The molecule has 20 heavy (non-hydrogen) atoms. The van der Waals surface area contributed by atoms with Gasteiger partial charge in [-0.1, -0.05) is 15.9 Å². The molecule has 110 valence electrons. The maximum Gasteiger partial charge on any atom is 0.255 e. The van der Waals surface area contributed by atoms with Crippen molar-refractivity contribution in [3.8, 4) is 5.75 Å². The number of sulfone groups is 1. The van der Waals surface area contributed by atoms with Crippen LogP contribution in [0.1, 0.15) is 23.2 Å². The highest BCUT2D eigenvalue weighted by atomic mass is 79.9. The second-order valence-electron chi connectivity index (χ2n) is 4.77. The summed E-state index contributed by atoms with van der Waals surface area (Å²) in [5, 5.41) is 2.77. The third kappa shape index (κ3) is 3.73. The maximum absolute atomic E-state index is 12.2. The molecule has 0 aromatic heterocycles. The van der Waals surface area contributed by atoms with Crippen molar-refractivity contribution in [3.05, 3.63) is 28.2 Å². The second kappa shape index (κ2) is 6.13. The molecule has 1 saturated heterocycles. The lowest BCUT2D eigenvalue weighted by Crippen LogP contribution is -2.43. The molecule has 1 amide bonds. The first kappa shape index (κ1) is 15.3. The molecule has 1 aromatic rings.